The van der Waals surface area contributed by atoms with Crippen LogP contribution in [0.25, 0.3) is 0 Å². The summed E-state index contributed by atoms with van der Waals surface area (Å²) in [6.45, 7) is 11.1. The zero-order valence-corrected chi connectivity index (χ0v) is 16.1. The van der Waals surface area contributed by atoms with Gasteiger partial charge in [-0.15, -0.1) is 0 Å². The van der Waals surface area contributed by atoms with Crippen LogP contribution in [0.4, 0.5) is 0 Å². The standard InChI is InChI=1S/C19H30N6O/c1-15(2)13-23-7-5-9-25-18(14-23)11-17(22-25)12-20-19(26)10-16(3)24-8-4-6-21-24/h4,6,8,11,15-16H,5,7,9-10,12-14H2,1-3H3,(H,20,26)/t16-/m0/s1. The SMILES string of the molecule is CC(C)CN1CCCn2nc(CNC(=O)C[C@H](C)n3cccn3)cc2C1. The molecule has 1 N–H and O–H groups in total. The summed E-state index contributed by atoms with van der Waals surface area (Å²) in [7, 11) is 0. The maximum Gasteiger partial charge on any atom is 0.222 e. The molecule has 1 atom stereocenters. The minimum Gasteiger partial charge on any atom is -0.350 e. The molecule has 3 rings (SSSR count). The van der Waals surface area contributed by atoms with Gasteiger partial charge in [0.2, 0.25) is 5.91 Å². The van der Waals surface area contributed by atoms with Gasteiger partial charge in [-0.3, -0.25) is 19.1 Å². The quantitative estimate of drug-likeness (QED) is 0.824. The molecule has 7 nitrogen and oxygen atoms in total. The summed E-state index contributed by atoms with van der Waals surface area (Å²) in [4.78, 5) is 14.7. The van der Waals surface area contributed by atoms with E-state index in [4.69, 9.17) is 0 Å². The molecule has 7 heteroatoms. The van der Waals surface area contributed by atoms with Crippen LogP contribution in [0, 0.1) is 5.92 Å². The molecule has 0 bridgehead atoms. The van der Waals surface area contributed by atoms with Gasteiger partial charge in [0, 0.05) is 45.0 Å². The van der Waals surface area contributed by atoms with Gasteiger partial charge in [-0.25, -0.2) is 0 Å². The molecule has 2 aromatic heterocycles. The number of hydrogen-bond acceptors (Lipinski definition) is 4. The Balaban J connectivity index is 1.52. The molecular formula is C19H30N6O. The molecule has 2 aromatic rings. The van der Waals surface area contributed by atoms with E-state index in [0.717, 1.165) is 38.3 Å². The minimum atomic E-state index is 0.0256. The molecule has 0 unspecified atom stereocenters. The topological polar surface area (TPSA) is 68.0 Å². The molecule has 0 spiro atoms. The van der Waals surface area contributed by atoms with Gasteiger partial charge in [0.25, 0.3) is 0 Å². The zero-order chi connectivity index (χ0) is 18.5. The normalized spacial score (nSPS) is 16.3. The number of nitrogens with one attached hydrogen (secondary N) is 1. The Bertz CT molecular complexity index is 706. The molecule has 0 aliphatic carbocycles. The van der Waals surface area contributed by atoms with Crippen molar-refractivity contribution in [1.82, 2.24) is 29.8 Å². The lowest BCUT2D eigenvalue weighted by Crippen LogP contribution is -2.27. The zero-order valence-electron chi connectivity index (χ0n) is 16.1. The van der Waals surface area contributed by atoms with E-state index in [-0.39, 0.29) is 11.9 Å². The first-order chi connectivity index (χ1) is 12.5. The van der Waals surface area contributed by atoms with Crippen LogP contribution < -0.4 is 5.32 Å². The van der Waals surface area contributed by atoms with E-state index in [2.05, 4.69) is 45.0 Å². The van der Waals surface area contributed by atoms with Crippen molar-refractivity contribution >= 4 is 5.91 Å². The first-order valence-corrected chi connectivity index (χ1v) is 9.55. The molecule has 26 heavy (non-hydrogen) atoms. The third kappa shape index (κ3) is 4.94. The van der Waals surface area contributed by atoms with Crippen LogP contribution in [0.1, 0.15) is 51.0 Å². The Labute approximate surface area is 155 Å². The first-order valence-electron chi connectivity index (χ1n) is 9.55. The number of fused-ring (bicyclic) bond motifs is 1. The van der Waals surface area contributed by atoms with Crippen molar-refractivity contribution < 1.29 is 4.79 Å². The Hall–Kier alpha value is -2.15. The molecule has 0 radical (unpaired) electrons. The van der Waals surface area contributed by atoms with E-state index in [9.17, 15) is 4.79 Å². The van der Waals surface area contributed by atoms with E-state index in [1.165, 1.54) is 5.69 Å². The highest BCUT2D eigenvalue weighted by atomic mass is 16.1. The molecule has 142 valence electrons. The third-order valence-corrected chi connectivity index (χ3v) is 4.69. The van der Waals surface area contributed by atoms with Crippen molar-refractivity contribution in [3.05, 3.63) is 35.9 Å². The second-order valence-electron chi connectivity index (χ2n) is 7.65. The Morgan fingerprint density at radius 3 is 2.88 bits per heavy atom. The highest BCUT2D eigenvalue weighted by Gasteiger charge is 2.18. The fraction of sp³-hybridized carbons (Fsp3) is 0.632. The lowest BCUT2D eigenvalue weighted by atomic mass is 10.2. The second-order valence-corrected chi connectivity index (χ2v) is 7.65. The number of aromatic nitrogens is 4. The Kier molecular flexibility index (Phi) is 6.08. The molecule has 0 saturated carbocycles. The first kappa shape index (κ1) is 18.6. The summed E-state index contributed by atoms with van der Waals surface area (Å²) in [5, 5.41) is 11.9. The van der Waals surface area contributed by atoms with Crippen molar-refractivity contribution in [1.29, 1.82) is 0 Å². The highest BCUT2D eigenvalue weighted by Crippen LogP contribution is 2.15. The molecule has 0 saturated heterocycles. The maximum atomic E-state index is 12.2. The Morgan fingerprint density at radius 2 is 2.15 bits per heavy atom. The number of aryl methyl sites for hydroxylation is 1. The summed E-state index contributed by atoms with van der Waals surface area (Å²) < 4.78 is 3.91. The van der Waals surface area contributed by atoms with Gasteiger partial charge in [-0.1, -0.05) is 13.8 Å². The van der Waals surface area contributed by atoms with Crippen LogP contribution in [0.15, 0.2) is 24.5 Å². The smallest absolute Gasteiger partial charge is 0.222 e. The van der Waals surface area contributed by atoms with Crippen molar-refractivity contribution in [3.63, 3.8) is 0 Å². The largest absolute Gasteiger partial charge is 0.350 e. The van der Waals surface area contributed by atoms with Crippen LogP contribution in [0.2, 0.25) is 0 Å². The lowest BCUT2D eigenvalue weighted by Gasteiger charge is -2.21. The predicted octanol–water partition coefficient (Wildman–Crippen LogP) is 2.21. The third-order valence-electron chi connectivity index (χ3n) is 4.69. The number of rotatable bonds is 7. The monoisotopic (exact) mass is 358 g/mol. The van der Waals surface area contributed by atoms with E-state index in [0.29, 0.717) is 18.9 Å². The van der Waals surface area contributed by atoms with Gasteiger partial charge in [-0.05, 0) is 31.4 Å². The molecule has 1 amide bonds. The number of nitrogens with zero attached hydrogens (tertiary/aromatic N) is 5. The minimum absolute atomic E-state index is 0.0256. The van der Waals surface area contributed by atoms with Crippen LogP contribution in [-0.4, -0.2) is 43.5 Å². The van der Waals surface area contributed by atoms with Crippen LogP contribution >= 0.6 is 0 Å². The van der Waals surface area contributed by atoms with Crippen LogP contribution in [0.5, 0.6) is 0 Å². The van der Waals surface area contributed by atoms with Crippen molar-refractivity contribution in [2.45, 2.75) is 59.3 Å². The van der Waals surface area contributed by atoms with E-state index in [1.54, 1.807) is 6.20 Å². The van der Waals surface area contributed by atoms with Gasteiger partial charge in [0.1, 0.15) is 0 Å². The fourth-order valence-electron chi connectivity index (χ4n) is 3.51. The summed E-state index contributed by atoms with van der Waals surface area (Å²) >= 11 is 0. The van der Waals surface area contributed by atoms with Crippen LogP contribution in [-0.2, 0) is 24.4 Å². The van der Waals surface area contributed by atoms with Gasteiger partial charge in [0.05, 0.1) is 24.0 Å². The predicted molar refractivity (Wildman–Crippen MR) is 100 cm³/mol. The molecular weight excluding hydrogens is 328 g/mol. The van der Waals surface area contributed by atoms with E-state index >= 15 is 0 Å². The number of carbonyl (C=O) groups excluding carboxylic acids is 1. The molecule has 1 aliphatic heterocycles. The average Bonchev–Trinajstić information content (AvgIpc) is 3.20. The Morgan fingerprint density at radius 1 is 1.31 bits per heavy atom. The lowest BCUT2D eigenvalue weighted by molar-refractivity contribution is -0.122. The maximum absolute atomic E-state index is 12.2. The highest BCUT2D eigenvalue weighted by molar-refractivity contribution is 5.76. The summed E-state index contributed by atoms with van der Waals surface area (Å²) in [6, 6.07) is 4.05. The van der Waals surface area contributed by atoms with Crippen LogP contribution in [0.3, 0.4) is 0 Å². The van der Waals surface area contributed by atoms with Gasteiger partial charge in [0.15, 0.2) is 0 Å². The average molecular weight is 358 g/mol. The van der Waals surface area contributed by atoms with E-state index < -0.39 is 0 Å². The van der Waals surface area contributed by atoms with Gasteiger partial charge >= 0.3 is 0 Å². The molecule has 0 aromatic carbocycles. The number of carbonyl (C=O) groups is 1. The summed E-state index contributed by atoms with van der Waals surface area (Å²) in [6.07, 6.45) is 5.15. The summed E-state index contributed by atoms with van der Waals surface area (Å²) in [5.74, 6) is 0.692. The second kappa shape index (κ2) is 8.49. The van der Waals surface area contributed by atoms with Crippen molar-refractivity contribution in [2.24, 2.45) is 5.92 Å². The van der Waals surface area contributed by atoms with Crippen molar-refractivity contribution in [3.8, 4) is 0 Å². The number of hydrogen-bond donors (Lipinski definition) is 1. The van der Waals surface area contributed by atoms with Crippen molar-refractivity contribution in [2.75, 3.05) is 13.1 Å². The molecule has 3 heterocycles. The molecule has 1 aliphatic rings. The summed E-state index contributed by atoms with van der Waals surface area (Å²) in [5.41, 5.74) is 2.18. The van der Waals surface area contributed by atoms with Gasteiger partial charge in [-0.2, -0.15) is 10.2 Å². The number of amides is 1. The van der Waals surface area contributed by atoms with E-state index in [1.807, 2.05) is 23.9 Å². The molecule has 0 fully saturated rings. The van der Waals surface area contributed by atoms with Gasteiger partial charge < -0.3 is 5.32 Å². The fourth-order valence-corrected chi connectivity index (χ4v) is 3.51.